The smallest absolute Gasteiger partial charge is 0.0579 e. The molecular weight excluding hydrogens is 412 g/mol. The SMILES string of the molecule is CC(C)[C@H](CCO)CC[C@@H](C)[C@H]1C[C@@H](O)[C@H]2[C@@H]3C[C@H](O)[C@H]4C[C@@H](O)CC[C@]4(C)[C@H]3CC[C@@]21C. The van der Waals surface area contributed by atoms with Gasteiger partial charge in [-0.3, -0.25) is 0 Å². The van der Waals surface area contributed by atoms with Gasteiger partial charge < -0.3 is 20.4 Å². The van der Waals surface area contributed by atoms with Crippen molar-refractivity contribution in [3.8, 4) is 0 Å². The molecule has 4 N–H and O–H groups in total. The Labute approximate surface area is 202 Å². The molecule has 0 radical (unpaired) electrons. The molecule has 0 unspecified atom stereocenters. The Bertz CT molecular complexity index is 666. The van der Waals surface area contributed by atoms with Gasteiger partial charge in [-0.1, -0.05) is 41.0 Å². The Morgan fingerprint density at radius 3 is 2.15 bits per heavy atom. The summed E-state index contributed by atoms with van der Waals surface area (Å²) in [6, 6.07) is 0. The number of hydrogen-bond donors (Lipinski definition) is 4. The maximum Gasteiger partial charge on any atom is 0.0579 e. The van der Waals surface area contributed by atoms with E-state index in [-0.39, 0.29) is 41.7 Å². The minimum atomic E-state index is -0.345. The second kappa shape index (κ2) is 9.71. The van der Waals surface area contributed by atoms with E-state index in [1.807, 2.05) is 0 Å². The summed E-state index contributed by atoms with van der Waals surface area (Å²) in [5.74, 6) is 3.76. The highest BCUT2D eigenvalue weighted by Crippen LogP contribution is 2.68. The molecular formula is C29H52O4. The lowest BCUT2D eigenvalue weighted by Gasteiger charge is -2.62. The van der Waals surface area contributed by atoms with Gasteiger partial charge in [-0.25, -0.2) is 0 Å². The van der Waals surface area contributed by atoms with Gasteiger partial charge in [0.05, 0.1) is 18.3 Å². The lowest BCUT2D eigenvalue weighted by molar-refractivity contribution is -0.181. The second-order valence-electron chi connectivity index (χ2n) is 13.7. The fraction of sp³-hybridized carbons (Fsp3) is 1.00. The summed E-state index contributed by atoms with van der Waals surface area (Å²) in [6.07, 6.45) is 9.12. The summed E-state index contributed by atoms with van der Waals surface area (Å²) in [7, 11) is 0. The van der Waals surface area contributed by atoms with E-state index in [1.54, 1.807) is 0 Å². The summed E-state index contributed by atoms with van der Waals surface area (Å²) in [6.45, 7) is 12.1. The molecule has 0 aromatic heterocycles. The zero-order valence-electron chi connectivity index (χ0n) is 21.9. The highest BCUT2D eigenvalue weighted by molar-refractivity contribution is 5.13. The Morgan fingerprint density at radius 2 is 1.48 bits per heavy atom. The predicted molar refractivity (Wildman–Crippen MR) is 132 cm³/mol. The van der Waals surface area contributed by atoms with Crippen LogP contribution in [0, 0.1) is 58.2 Å². The summed E-state index contributed by atoms with van der Waals surface area (Å²) in [4.78, 5) is 0. The minimum Gasteiger partial charge on any atom is -0.396 e. The molecule has 4 saturated carbocycles. The zero-order chi connectivity index (χ0) is 24.1. The van der Waals surface area contributed by atoms with E-state index in [9.17, 15) is 20.4 Å². The third-order valence-corrected chi connectivity index (χ3v) is 11.8. The third kappa shape index (κ3) is 4.45. The van der Waals surface area contributed by atoms with Crippen molar-refractivity contribution in [3.63, 3.8) is 0 Å². The van der Waals surface area contributed by atoms with Crippen molar-refractivity contribution in [3.05, 3.63) is 0 Å². The standard InChI is InChI=1S/C29H52O4/c1-17(2)19(10-13-30)7-6-18(3)23-16-26(33)27-21-15-25(32)24-14-20(31)8-11-28(24,4)22(21)9-12-29(23,27)5/h17-27,30-33H,6-16H2,1-5H3/t18-,19+,20+,21-,22+,23-,24-,25+,26-,27-,28-,29-/m1/s1. The van der Waals surface area contributed by atoms with Crippen LogP contribution in [-0.2, 0) is 0 Å². The van der Waals surface area contributed by atoms with E-state index in [2.05, 4.69) is 34.6 Å². The highest BCUT2D eigenvalue weighted by atomic mass is 16.3. The first-order chi connectivity index (χ1) is 15.5. The Kier molecular flexibility index (Phi) is 7.63. The fourth-order valence-corrected chi connectivity index (χ4v) is 9.93. The summed E-state index contributed by atoms with van der Waals surface area (Å²) in [5.41, 5.74) is 0.252. The molecule has 192 valence electrons. The molecule has 0 aromatic carbocycles. The average molecular weight is 465 g/mol. The maximum atomic E-state index is 11.5. The third-order valence-electron chi connectivity index (χ3n) is 11.8. The molecule has 33 heavy (non-hydrogen) atoms. The van der Waals surface area contributed by atoms with Crippen LogP contribution >= 0.6 is 0 Å². The van der Waals surface area contributed by atoms with Crippen LogP contribution in [0.25, 0.3) is 0 Å². The van der Waals surface area contributed by atoms with Crippen molar-refractivity contribution in [2.24, 2.45) is 58.2 Å². The number of aliphatic hydroxyl groups excluding tert-OH is 4. The van der Waals surface area contributed by atoms with Gasteiger partial charge in [0.1, 0.15) is 0 Å². The first-order valence-electron chi connectivity index (χ1n) is 14.2. The van der Waals surface area contributed by atoms with Gasteiger partial charge in [-0.2, -0.15) is 0 Å². The van der Waals surface area contributed by atoms with Gasteiger partial charge in [0.15, 0.2) is 0 Å². The lowest BCUT2D eigenvalue weighted by Crippen LogP contribution is -2.59. The Balaban J connectivity index is 1.51. The predicted octanol–water partition coefficient (Wildman–Crippen LogP) is 5.02. The molecule has 4 nitrogen and oxygen atoms in total. The molecule has 0 heterocycles. The van der Waals surface area contributed by atoms with E-state index >= 15 is 0 Å². The van der Waals surface area contributed by atoms with Crippen LogP contribution in [0.4, 0.5) is 0 Å². The monoisotopic (exact) mass is 464 g/mol. The van der Waals surface area contributed by atoms with Crippen molar-refractivity contribution in [1.82, 2.24) is 0 Å². The van der Waals surface area contributed by atoms with Crippen LogP contribution in [0.1, 0.15) is 98.8 Å². The Morgan fingerprint density at radius 1 is 0.788 bits per heavy atom. The lowest BCUT2D eigenvalue weighted by atomic mass is 9.43. The van der Waals surface area contributed by atoms with Crippen LogP contribution in [0.5, 0.6) is 0 Å². The molecule has 0 amide bonds. The number of hydrogen-bond acceptors (Lipinski definition) is 4. The molecule has 4 rings (SSSR count). The van der Waals surface area contributed by atoms with Gasteiger partial charge >= 0.3 is 0 Å². The molecule has 0 saturated heterocycles. The fourth-order valence-electron chi connectivity index (χ4n) is 9.93. The molecule has 4 heteroatoms. The largest absolute Gasteiger partial charge is 0.396 e. The molecule has 0 aromatic rings. The Hall–Kier alpha value is -0.160. The summed E-state index contributed by atoms with van der Waals surface area (Å²) in [5, 5.41) is 42.4. The van der Waals surface area contributed by atoms with Gasteiger partial charge in [-0.15, -0.1) is 0 Å². The van der Waals surface area contributed by atoms with Crippen LogP contribution in [-0.4, -0.2) is 45.3 Å². The molecule has 12 atom stereocenters. The van der Waals surface area contributed by atoms with Crippen molar-refractivity contribution in [2.45, 2.75) is 117 Å². The quantitative estimate of drug-likeness (QED) is 0.426. The first-order valence-corrected chi connectivity index (χ1v) is 14.2. The summed E-state index contributed by atoms with van der Waals surface area (Å²) >= 11 is 0. The highest BCUT2D eigenvalue weighted by Gasteiger charge is 2.64. The minimum absolute atomic E-state index is 0.0983. The number of rotatable bonds is 7. The normalized spacial score (nSPS) is 49.3. The van der Waals surface area contributed by atoms with Gasteiger partial charge in [0.2, 0.25) is 0 Å². The van der Waals surface area contributed by atoms with Crippen LogP contribution < -0.4 is 0 Å². The van der Waals surface area contributed by atoms with Crippen molar-refractivity contribution in [1.29, 1.82) is 0 Å². The van der Waals surface area contributed by atoms with E-state index in [1.165, 1.54) is 25.7 Å². The van der Waals surface area contributed by atoms with Gasteiger partial charge in [-0.05, 0) is 116 Å². The van der Waals surface area contributed by atoms with Crippen LogP contribution in [0.2, 0.25) is 0 Å². The number of fused-ring (bicyclic) bond motifs is 5. The molecule has 4 fully saturated rings. The van der Waals surface area contributed by atoms with Crippen molar-refractivity contribution in [2.75, 3.05) is 6.61 Å². The van der Waals surface area contributed by atoms with Crippen LogP contribution in [0.3, 0.4) is 0 Å². The topological polar surface area (TPSA) is 80.9 Å². The molecule has 0 spiro atoms. The number of aliphatic hydroxyl groups is 4. The summed E-state index contributed by atoms with van der Waals surface area (Å²) < 4.78 is 0. The zero-order valence-corrected chi connectivity index (χ0v) is 21.9. The second-order valence-corrected chi connectivity index (χ2v) is 13.7. The van der Waals surface area contributed by atoms with E-state index in [0.717, 1.165) is 38.5 Å². The molecule has 0 bridgehead atoms. The van der Waals surface area contributed by atoms with E-state index < -0.39 is 0 Å². The van der Waals surface area contributed by atoms with E-state index in [0.29, 0.717) is 41.4 Å². The molecule has 4 aliphatic carbocycles. The van der Waals surface area contributed by atoms with Gasteiger partial charge in [0, 0.05) is 6.61 Å². The van der Waals surface area contributed by atoms with Crippen molar-refractivity contribution < 1.29 is 20.4 Å². The average Bonchev–Trinajstić information content (AvgIpc) is 3.03. The van der Waals surface area contributed by atoms with E-state index in [4.69, 9.17) is 0 Å². The first kappa shape index (κ1) is 25.9. The van der Waals surface area contributed by atoms with Gasteiger partial charge in [0.25, 0.3) is 0 Å². The van der Waals surface area contributed by atoms with Crippen molar-refractivity contribution >= 4 is 0 Å². The van der Waals surface area contributed by atoms with Crippen LogP contribution in [0.15, 0.2) is 0 Å². The molecule has 0 aliphatic heterocycles. The molecule has 4 aliphatic rings. The maximum absolute atomic E-state index is 11.5.